The van der Waals surface area contributed by atoms with Gasteiger partial charge in [-0.15, -0.1) is 0 Å². The maximum absolute atomic E-state index is 9.61. The van der Waals surface area contributed by atoms with Crippen molar-refractivity contribution in [1.29, 1.82) is 0 Å². The highest BCUT2D eigenvalue weighted by atomic mass is 16.3. The van der Waals surface area contributed by atoms with Crippen LogP contribution in [0.15, 0.2) is 0 Å². The Balaban J connectivity index is 2.45. The lowest BCUT2D eigenvalue weighted by Crippen LogP contribution is -2.38. The third kappa shape index (κ3) is 2.17. The van der Waals surface area contributed by atoms with E-state index >= 15 is 0 Å². The van der Waals surface area contributed by atoms with Crippen LogP contribution in [-0.2, 0) is 0 Å². The van der Waals surface area contributed by atoms with Crippen molar-refractivity contribution >= 4 is 0 Å². The predicted octanol–water partition coefficient (Wildman–Crippen LogP) is 1.16. The van der Waals surface area contributed by atoms with Crippen molar-refractivity contribution < 1.29 is 10.2 Å². The molecule has 0 heterocycles. The second-order valence-corrected chi connectivity index (χ2v) is 4.64. The summed E-state index contributed by atoms with van der Waals surface area (Å²) in [6.07, 6.45) is 1.08. The molecular formula is C9H18O2. The second-order valence-electron chi connectivity index (χ2n) is 4.64. The van der Waals surface area contributed by atoms with Gasteiger partial charge < -0.3 is 10.2 Å². The molecule has 0 aromatic rings. The van der Waals surface area contributed by atoms with Gasteiger partial charge in [0.25, 0.3) is 0 Å². The summed E-state index contributed by atoms with van der Waals surface area (Å²) in [7, 11) is 0. The molecule has 0 aliphatic heterocycles. The molecule has 11 heavy (non-hydrogen) atoms. The Morgan fingerprint density at radius 1 is 1.18 bits per heavy atom. The van der Waals surface area contributed by atoms with Crippen LogP contribution in [0, 0.1) is 11.3 Å². The Bertz CT molecular complexity index is 133. The van der Waals surface area contributed by atoms with Gasteiger partial charge in [0.05, 0.1) is 12.2 Å². The molecule has 0 bridgehead atoms. The molecular weight excluding hydrogens is 140 g/mol. The van der Waals surface area contributed by atoms with Crippen molar-refractivity contribution in [3.05, 3.63) is 0 Å². The SMILES string of the molecule is CC(C)(C)C(O)C(O)C1CC1. The van der Waals surface area contributed by atoms with Crippen LogP contribution in [0.1, 0.15) is 33.6 Å². The zero-order valence-corrected chi connectivity index (χ0v) is 7.54. The molecule has 2 N–H and O–H groups in total. The van der Waals surface area contributed by atoms with Gasteiger partial charge in [0, 0.05) is 0 Å². The van der Waals surface area contributed by atoms with E-state index in [4.69, 9.17) is 0 Å². The zero-order valence-electron chi connectivity index (χ0n) is 7.54. The smallest absolute Gasteiger partial charge is 0.0849 e. The summed E-state index contributed by atoms with van der Waals surface area (Å²) >= 11 is 0. The van der Waals surface area contributed by atoms with Gasteiger partial charge in [-0.25, -0.2) is 0 Å². The minimum Gasteiger partial charge on any atom is -0.390 e. The summed E-state index contributed by atoms with van der Waals surface area (Å²) in [5.41, 5.74) is -0.192. The standard InChI is InChI=1S/C9H18O2/c1-9(2,3)8(11)7(10)6-4-5-6/h6-8,10-11H,4-5H2,1-3H3. The first-order valence-electron chi connectivity index (χ1n) is 4.29. The summed E-state index contributed by atoms with van der Waals surface area (Å²) in [5, 5.41) is 19.2. The number of hydrogen-bond donors (Lipinski definition) is 2. The topological polar surface area (TPSA) is 40.5 Å². The highest BCUT2D eigenvalue weighted by Crippen LogP contribution is 2.37. The first kappa shape index (κ1) is 9.01. The summed E-state index contributed by atoms with van der Waals surface area (Å²) in [4.78, 5) is 0. The fourth-order valence-electron chi connectivity index (χ4n) is 1.21. The van der Waals surface area contributed by atoms with Crippen LogP contribution in [-0.4, -0.2) is 22.4 Å². The van der Waals surface area contributed by atoms with Crippen LogP contribution < -0.4 is 0 Å². The lowest BCUT2D eigenvalue weighted by Gasteiger charge is -2.29. The summed E-state index contributed by atoms with van der Waals surface area (Å²) in [6.45, 7) is 5.84. The Morgan fingerprint density at radius 2 is 1.64 bits per heavy atom. The fraction of sp³-hybridized carbons (Fsp3) is 1.00. The molecule has 1 saturated carbocycles. The molecule has 2 unspecified atom stereocenters. The van der Waals surface area contributed by atoms with E-state index < -0.39 is 12.2 Å². The monoisotopic (exact) mass is 158 g/mol. The highest BCUT2D eigenvalue weighted by Gasteiger charge is 2.39. The third-order valence-corrected chi connectivity index (χ3v) is 2.32. The molecule has 1 fully saturated rings. The van der Waals surface area contributed by atoms with E-state index in [0.717, 1.165) is 12.8 Å². The van der Waals surface area contributed by atoms with Crippen molar-refractivity contribution in [2.75, 3.05) is 0 Å². The number of rotatable bonds is 2. The minimum absolute atomic E-state index is 0.192. The Kier molecular flexibility index (Phi) is 2.26. The molecule has 0 aromatic carbocycles. The minimum atomic E-state index is -0.574. The molecule has 0 aromatic heterocycles. The molecule has 0 spiro atoms. The van der Waals surface area contributed by atoms with E-state index in [1.54, 1.807) is 0 Å². The summed E-state index contributed by atoms with van der Waals surface area (Å²) in [5.74, 6) is 0.365. The van der Waals surface area contributed by atoms with E-state index in [0.29, 0.717) is 5.92 Å². The van der Waals surface area contributed by atoms with Crippen molar-refractivity contribution in [3.8, 4) is 0 Å². The van der Waals surface area contributed by atoms with Gasteiger partial charge in [-0.05, 0) is 24.2 Å². The molecule has 1 aliphatic carbocycles. The molecule has 1 aliphatic rings. The van der Waals surface area contributed by atoms with Crippen LogP contribution in [0.25, 0.3) is 0 Å². The fourth-order valence-corrected chi connectivity index (χ4v) is 1.21. The average molecular weight is 158 g/mol. The first-order chi connectivity index (χ1) is 4.93. The van der Waals surface area contributed by atoms with Crippen molar-refractivity contribution in [2.45, 2.75) is 45.8 Å². The number of hydrogen-bond acceptors (Lipinski definition) is 2. The zero-order chi connectivity index (χ0) is 8.65. The molecule has 66 valence electrons. The lowest BCUT2D eigenvalue weighted by molar-refractivity contribution is -0.0537. The van der Waals surface area contributed by atoms with Crippen LogP contribution >= 0.6 is 0 Å². The normalized spacial score (nSPS) is 24.8. The maximum atomic E-state index is 9.61. The molecule has 0 amide bonds. The van der Waals surface area contributed by atoms with Crippen LogP contribution in [0.2, 0.25) is 0 Å². The number of aliphatic hydroxyl groups excluding tert-OH is 2. The van der Waals surface area contributed by atoms with Gasteiger partial charge >= 0.3 is 0 Å². The summed E-state index contributed by atoms with van der Waals surface area (Å²) in [6, 6.07) is 0. The quantitative estimate of drug-likeness (QED) is 0.633. The van der Waals surface area contributed by atoms with Crippen LogP contribution in [0.3, 0.4) is 0 Å². The Labute approximate surface area is 68.2 Å². The molecule has 0 saturated heterocycles. The molecule has 1 rings (SSSR count). The number of aliphatic hydroxyl groups is 2. The molecule has 2 atom stereocenters. The van der Waals surface area contributed by atoms with Crippen LogP contribution in [0.4, 0.5) is 0 Å². The van der Waals surface area contributed by atoms with Gasteiger partial charge in [-0.2, -0.15) is 0 Å². The Morgan fingerprint density at radius 3 is 1.91 bits per heavy atom. The first-order valence-corrected chi connectivity index (χ1v) is 4.29. The van der Waals surface area contributed by atoms with Gasteiger partial charge in [-0.1, -0.05) is 20.8 Å². The highest BCUT2D eigenvalue weighted by molar-refractivity contribution is 4.90. The second kappa shape index (κ2) is 2.76. The van der Waals surface area contributed by atoms with E-state index in [-0.39, 0.29) is 5.41 Å². The van der Waals surface area contributed by atoms with Gasteiger partial charge in [-0.3, -0.25) is 0 Å². The molecule has 0 radical (unpaired) electrons. The average Bonchev–Trinajstić information content (AvgIpc) is 2.63. The van der Waals surface area contributed by atoms with Crippen molar-refractivity contribution in [3.63, 3.8) is 0 Å². The largest absolute Gasteiger partial charge is 0.390 e. The van der Waals surface area contributed by atoms with Gasteiger partial charge in [0.2, 0.25) is 0 Å². The van der Waals surface area contributed by atoms with E-state index in [1.807, 2.05) is 20.8 Å². The Hall–Kier alpha value is -0.0800. The maximum Gasteiger partial charge on any atom is 0.0849 e. The molecule has 2 nitrogen and oxygen atoms in total. The van der Waals surface area contributed by atoms with Gasteiger partial charge in [0.15, 0.2) is 0 Å². The van der Waals surface area contributed by atoms with E-state index in [9.17, 15) is 10.2 Å². The predicted molar refractivity (Wildman–Crippen MR) is 44.2 cm³/mol. The van der Waals surface area contributed by atoms with E-state index in [1.165, 1.54) is 0 Å². The van der Waals surface area contributed by atoms with E-state index in [2.05, 4.69) is 0 Å². The van der Waals surface area contributed by atoms with Crippen molar-refractivity contribution in [1.82, 2.24) is 0 Å². The third-order valence-electron chi connectivity index (χ3n) is 2.32. The molecule has 2 heteroatoms. The lowest BCUT2D eigenvalue weighted by atomic mass is 9.84. The summed E-state index contributed by atoms with van der Waals surface area (Å²) < 4.78 is 0. The van der Waals surface area contributed by atoms with Crippen molar-refractivity contribution in [2.24, 2.45) is 11.3 Å². The van der Waals surface area contributed by atoms with Gasteiger partial charge in [0.1, 0.15) is 0 Å². The van der Waals surface area contributed by atoms with Crippen LogP contribution in [0.5, 0.6) is 0 Å².